The molecule has 23 heavy (non-hydrogen) atoms. The first kappa shape index (κ1) is 14.6. The van der Waals surface area contributed by atoms with E-state index >= 15 is 0 Å². The lowest BCUT2D eigenvalue weighted by Crippen LogP contribution is -2.23. The van der Waals surface area contributed by atoms with Crippen molar-refractivity contribution in [3.05, 3.63) is 60.0 Å². The molecule has 7 heteroatoms. The van der Waals surface area contributed by atoms with Gasteiger partial charge in [-0.1, -0.05) is 0 Å². The molecule has 0 saturated heterocycles. The van der Waals surface area contributed by atoms with Crippen molar-refractivity contribution >= 4 is 5.91 Å². The molecule has 2 heterocycles. The second kappa shape index (κ2) is 6.18. The van der Waals surface area contributed by atoms with Gasteiger partial charge in [-0.3, -0.25) is 14.9 Å². The molecule has 0 aliphatic heterocycles. The zero-order valence-electron chi connectivity index (χ0n) is 12.0. The maximum Gasteiger partial charge on any atom is 0.255 e. The van der Waals surface area contributed by atoms with Crippen LogP contribution in [-0.4, -0.2) is 31.3 Å². The number of amides is 1. The number of nitrogens with zero attached hydrogens (tertiary/aromatic N) is 2. The fraction of sp³-hybridized carbons (Fsp3) is 0.0625. The van der Waals surface area contributed by atoms with E-state index in [-0.39, 0.29) is 23.6 Å². The van der Waals surface area contributed by atoms with Crippen LogP contribution < -0.4 is 5.32 Å². The molecule has 0 radical (unpaired) electrons. The molecule has 0 fully saturated rings. The van der Waals surface area contributed by atoms with Gasteiger partial charge in [0.15, 0.2) is 0 Å². The third kappa shape index (κ3) is 3.29. The normalized spacial score (nSPS) is 10.4. The lowest BCUT2D eigenvalue weighted by molar-refractivity contribution is 0.0947. The maximum absolute atomic E-state index is 12.0. The maximum atomic E-state index is 12.0. The average molecular weight is 310 g/mol. The minimum absolute atomic E-state index is 0.0941. The summed E-state index contributed by atoms with van der Waals surface area (Å²) in [6, 6.07) is 9.32. The molecule has 1 aromatic carbocycles. The van der Waals surface area contributed by atoms with Crippen molar-refractivity contribution in [3.63, 3.8) is 0 Å². The summed E-state index contributed by atoms with van der Waals surface area (Å²) in [6.45, 7) is 0.233. The predicted octanol–water partition coefficient (Wildman–Crippen LogP) is 1.81. The van der Waals surface area contributed by atoms with E-state index < -0.39 is 5.91 Å². The largest absolute Gasteiger partial charge is 0.508 e. The second-order valence-electron chi connectivity index (χ2n) is 4.90. The fourth-order valence-electron chi connectivity index (χ4n) is 2.11. The highest BCUT2D eigenvalue weighted by Gasteiger charge is 2.12. The first-order valence-electron chi connectivity index (χ1n) is 6.88. The van der Waals surface area contributed by atoms with Gasteiger partial charge in [-0.2, -0.15) is 5.10 Å². The van der Waals surface area contributed by atoms with Crippen molar-refractivity contribution < 1.29 is 15.0 Å². The number of phenols is 2. The van der Waals surface area contributed by atoms with E-state index in [1.165, 1.54) is 12.1 Å². The number of benzene rings is 1. The van der Waals surface area contributed by atoms with Crippen LogP contribution in [0.25, 0.3) is 11.3 Å². The number of carbonyl (C=O) groups excluding carboxylic acids is 1. The molecule has 3 aromatic rings. The number of nitrogens with one attached hydrogen (secondary N) is 2. The van der Waals surface area contributed by atoms with Gasteiger partial charge < -0.3 is 15.5 Å². The molecular formula is C16H14N4O3. The molecule has 7 nitrogen and oxygen atoms in total. The smallest absolute Gasteiger partial charge is 0.255 e. The fourth-order valence-corrected chi connectivity index (χ4v) is 2.11. The van der Waals surface area contributed by atoms with E-state index in [1.54, 1.807) is 12.4 Å². The lowest BCUT2D eigenvalue weighted by atomic mass is 10.1. The zero-order valence-corrected chi connectivity index (χ0v) is 12.0. The van der Waals surface area contributed by atoms with Crippen LogP contribution in [0.2, 0.25) is 0 Å². The summed E-state index contributed by atoms with van der Waals surface area (Å²) in [7, 11) is 0. The molecule has 116 valence electrons. The van der Waals surface area contributed by atoms with Crippen LogP contribution in [-0.2, 0) is 6.54 Å². The van der Waals surface area contributed by atoms with Crippen molar-refractivity contribution in [3.8, 4) is 22.8 Å². The Bertz CT molecular complexity index is 830. The first-order valence-corrected chi connectivity index (χ1v) is 6.88. The summed E-state index contributed by atoms with van der Waals surface area (Å²) in [5.74, 6) is -0.818. The topological polar surface area (TPSA) is 111 Å². The summed E-state index contributed by atoms with van der Waals surface area (Å²) in [4.78, 5) is 16.0. The Labute approximate surface area is 131 Å². The minimum Gasteiger partial charge on any atom is -0.508 e. The molecule has 3 rings (SSSR count). The lowest BCUT2D eigenvalue weighted by Gasteiger charge is -2.05. The third-order valence-electron chi connectivity index (χ3n) is 3.27. The molecule has 0 unspecified atom stereocenters. The number of rotatable bonds is 4. The monoisotopic (exact) mass is 310 g/mol. The van der Waals surface area contributed by atoms with Crippen molar-refractivity contribution in [1.29, 1.82) is 0 Å². The van der Waals surface area contributed by atoms with Gasteiger partial charge >= 0.3 is 0 Å². The molecule has 4 N–H and O–H groups in total. The molecular weight excluding hydrogens is 296 g/mol. The Morgan fingerprint density at radius 2 is 1.91 bits per heavy atom. The summed E-state index contributed by atoms with van der Waals surface area (Å²) in [5, 5.41) is 28.6. The van der Waals surface area contributed by atoms with Gasteiger partial charge in [0.25, 0.3) is 5.91 Å². The molecule has 0 bridgehead atoms. The standard InChI is InChI=1S/C16H14N4O3/c21-12-1-2-13(15(22)8-12)16(23)18-9-11-7-14(20-19-11)10-3-5-17-6-4-10/h1-8,21-22H,9H2,(H,18,23)(H,19,20). The van der Waals surface area contributed by atoms with Crippen molar-refractivity contribution in [2.75, 3.05) is 0 Å². The third-order valence-corrected chi connectivity index (χ3v) is 3.27. The number of aromatic amines is 1. The molecule has 0 aliphatic carbocycles. The van der Waals surface area contributed by atoms with E-state index in [0.29, 0.717) is 0 Å². The minimum atomic E-state index is -0.442. The Morgan fingerprint density at radius 3 is 2.65 bits per heavy atom. The van der Waals surface area contributed by atoms with E-state index in [4.69, 9.17) is 0 Å². The van der Waals surface area contributed by atoms with Gasteiger partial charge in [-0.05, 0) is 30.3 Å². The van der Waals surface area contributed by atoms with E-state index in [9.17, 15) is 15.0 Å². The first-order chi connectivity index (χ1) is 11.1. The highest BCUT2D eigenvalue weighted by molar-refractivity contribution is 5.96. The van der Waals surface area contributed by atoms with Gasteiger partial charge in [0, 0.05) is 24.0 Å². The van der Waals surface area contributed by atoms with Crippen LogP contribution in [0.3, 0.4) is 0 Å². The Morgan fingerprint density at radius 1 is 1.13 bits per heavy atom. The van der Waals surface area contributed by atoms with Crippen LogP contribution in [0, 0.1) is 0 Å². The van der Waals surface area contributed by atoms with E-state index in [0.717, 1.165) is 23.0 Å². The SMILES string of the molecule is O=C(NCc1cc(-c2ccncc2)n[nH]1)c1ccc(O)cc1O. The van der Waals surface area contributed by atoms with Crippen molar-refractivity contribution in [1.82, 2.24) is 20.5 Å². The van der Waals surface area contributed by atoms with Gasteiger partial charge in [0.1, 0.15) is 11.5 Å². The summed E-state index contributed by atoms with van der Waals surface area (Å²) >= 11 is 0. The quantitative estimate of drug-likeness (QED) is 0.587. The highest BCUT2D eigenvalue weighted by Crippen LogP contribution is 2.22. The van der Waals surface area contributed by atoms with Crippen LogP contribution in [0.4, 0.5) is 0 Å². The molecule has 1 amide bonds. The van der Waals surface area contributed by atoms with Crippen LogP contribution in [0.15, 0.2) is 48.8 Å². The number of pyridine rings is 1. The Kier molecular flexibility index (Phi) is 3.92. The molecule has 0 atom stereocenters. The Balaban J connectivity index is 1.67. The van der Waals surface area contributed by atoms with Crippen molar-refractivity contribution in [2.45, 2.75) is 6.54 Å². The van der Waals surface area contributed by atoms with Gasteiger partial charge in [-0.25, -0.2) is 0 Å². The number of carbonyl (C=O) groups is 1. The van der Waals surface area contributed by atoms with Crippen LogP contribution >= 0.6 is 0 Å². The number of hydrogen-bond acceptors (Lipinski definition) is 5. The zero-order chi connectivity index (χ0) is 16.2. The van der Waals surface area contributed by atoms with E-state index in [2.05, 4.69) is 20.5 Å². The Hall–Kier alpha value is -3.35. The average Bonchev–Trinajstić information content (AvgIpc) is 3.02. The highest BCUT2D eigenvalue weighted by atomic mass is 16.3. The second-order valence-corrected chi connectivity index (χ2v) is 4.90. The van der Waals surface area contributed by atoms with Crippen LogP contribution in [0.1, 0.15) is 16.1 Å². The van der Waals surface area contributed by atoms with Crippen LogP contribution in [0.5, 0.6) is 11.5 Å². The molecule has 0 aliphatic rings. The molecule has 0 spiro atoms. The number of hydrogen-bond donors (Lipinski definition) is 4. The number of H-pyrrole nitrogens is 1. The van der Waals surface area contributed by atoms with E-state index in [1.807, 2.05) is 18.2 Å². The summed E-state index contributed by atoms with van der Waals surface area (Å²) in [6.07, 6.45) is 3.36. The number of aromatic nitrogens is 3. The number of aromatic hydroxyl groups is 2. The van der Waals surface area contributed by atoms with Gasteiger partial charge in [0.05, 0.1) is 23.5 Å². The summed E-state index contributed by atoms with van der Waals surface area (Å²) in [5.41, 5.74) is 2.49. The predicted molar refractivity (Wildman–Crippen MR) is 82.8 cm³/mol. The van der Waals surface area contributed by atoms with Gasteiger partial charge in [0.2, 0.25) is 0 Å². The molecule has 2 aromatic heterocycles. The number of phenolic OH excluding ortho intramolecular Hbond substituents is 2. The van der Waals surface area contributed by atoms with Crippen molar-refractivity contribution in [2.24, 2.45) is 0 Å². The van der Waals surface area contributed by atoms with Gasteiger partial charge in [-0.15, -0.1) is 0 Å². The summed E-state index contributed by atoms with van der Waals surface area (Å²) < 4.78 is 0. The molecule has 0 saturated carbocycles.